The molecule has 3 aliphatic heterocycles. The molecule has 3 fully saturated rings. The molecule has 464 valence electrons. The van der Waals surface area contributed by atoms with Gasteiger partial charge < -0.3 is 52.5 Å². The number of hydrogen-bond donors (Lipinski definition) is 0. The van der Waals surface area contributed by atoms with Gasteiger partial charge in [0.2, 0.25) is 5.76 Å². The lowest BCUT2D eigenvalue weighted by Crippen LogP contribution is -2.49. The van der Waals surface area contributed by atoms with Gasteiger partial charge in [0, 0.05) is 158 Å². The predicted octanol–water partition coefficient (Wildman–Crippen LogP) is 8.70. The molecule has 0 N–H and O–H groups in total. The number of piperazine rings is 3. The number of nitrogens with zero attached hydrogens (tertiary/aromatic N) is 14. The van der Waals surface area contributed by atoms with Gasteiger partial charge in [0.25, 0.3) is 34.4 Å². The van der Waals surface area contributed by atoms with Crippen molar-refractivity contribution >= 4 is 125 Å². The molecule has 9 aromatic rings. The number of para-hydroxylation sites is 1. The Morgan fingerprint density at radius 2 is 0.934 bits per heavy atom. The summed E-state index contributed by atoms with van der Waals surface area (Å²) in [4.78, 5) is 90.2. The van der Waals surface area contributed by atoms with Crippen LogP contribution < -0.4 is 31.4 Å². The monoisotopic (exact) mass is 1390 g/mol. The molecule has 0 radical (unpaired) electrons. The van der Waals surface area contributed by atoms with E-state index in [0.717, 1.165) is 36.3 Å². The van der Waals surface area contributed by atoms with E-state index in [9.17, 15) is 44.6 Å². The zero-order valence-corrected chi connectivity index (χ0v) is 54.5. The molecule has 25 heteroatoms. The van der Waals surface area contributed by atoms with E-state index in [-0.39, 0.29) is 56.8 Å². The van der Waals surface area contributed by atoms with Crippen molar-refractivity contribution in [3.63, 3.8) is 0 Å². The molecule has 0 atom stereocenters. The second kappa shape index (κ2) is 28.3. The van der Waals surface area contributed by atoms with Gasteiger partial charge in [-0.2, -0.15) is 15.8 Å². The van der Waals surface area contributed by atoms with E-state index >= 15 is 0 Å². The molecule has 0 bridgehead atoms. The predicted molar refractivity (Wildman–Crippen MR) is 361 cm³/mol. The summed E-state index contributed by atoms with van der Waals surface area (Å²) in [5.74, 6) is -0.110. The highest BCUT2D eigenvalue weighted by Gasteiger charge is 2.31. The summed E-state index contributed by atoms with van der Waals surface area (Å²) in [6.07, 6.45) is 1.44. The number of nitriles is 3. The molecule has 0 saturated carbocycles. The molecule has 0 spiro atoms. The largest absolute Gasteiger partial charge is 0.366 e. The first-order valence-corrected chi connectivity index (χ1v) is 31.2. The maximum absolute atomic E-state index is 13.3. The molecule has 4 aromatic heterocycles. The van der Waals surface area contributed by atoms with E-state index < -0.39 is 0 Å². The highest BCUT2D eigenvalue weighted by atomic mass is 127. The second-order valence-electron chi connectivity index (χ2n) is 22.1. The maximum Gasteiger partial charge on any atom is 0.292 e. The van der Waals surface area contributed by atoms with Crippen LogP contribution in [0.1, 0.15) is 48.0 Å². The van der Waals surface area contributed by atoms with Crippen LogP contribution in [0.5, 0.6) is 0 Å². The van der Waals surface area contributed by atoms with Gasteiger partial charge in [-0.05, 0) is 128 Å². The number of benzene rings is 5. The first-order valence-electron chi connectivity index (χ1n) is 29.0. The van der Waals surface area contributed by atoms with Crippen molar-refractivity contribution in [1.29, 1.82) is 15.8 Å². The molecule has 21 nitrogen and oxygen atoms in total. The zero-order valence-electron chi connectivity index (χ0n) is 50.1. The Kier molecular flexibility index (Phi) is 20.1. The lowest BCUT2D eigenvalue weighted by molar-refractivity contribution is 0.0703. The van der Waals surface area contributed by atoms with Gasteiger partial charge in [0.15, 0.2) is 0 Å². The number of pyridine rings is 3. The molecule has 7 heterocycles. The lowest BCUT2D eigenvalue weighted by Gasteiger charge is -2.37. The van der Waals surface area contributed by atoms with E-state index in [0.29, 0.717) is 135 Å². The van der Waals surface area contributed by atoms with Crippen LogP contribution in [0.25, 0.3) is 32.7 Å². The summed E-state index contributed by atoms with van der Waals surface area (Å²) in [6, 6.07) is 40.3. The molecule has 3 saturated heterocycles. The Balaban J connectivity index is 0.000000151. The van der Waals surface area contributed by atoms with Gasteiger partial charge >= 0.3 is 0 Å². The van der Waals surface area contributed by atoms with E-state index in [4.69, 9.17) is 39.3 Å². The number of aromatic nitrogens is 4. The first kappa shape index (κ1) is 64.8. The third-order valence-corrected chi connectivity index (χ3v) is 17.8. The van der Waals surface area contributed by atoms with Crippen LogP contribution in [0.15, 0.2) is 140 Å². The molecular formula is C66H60Cl3IN14O7. The van der Waals surface area contributed by atoms with Crippen molar-refractivity contribution in [2.45, 2.75) is 6.54 Å². The number of amides is 3. The van der Waals surface area contributed by atoms with Crippen molar-refractivity contribution in [2.75, 3.05) is 114 Å². The number of rotatable bonds is 9. The second-order valence-corrected chi connectivity index (χ2v) is 24.6. The van der Waals surface area contributed by atoms with Crippen LogP contribution in [-0.4, -0.2) is 155 Å². The minimum Gasteiger partial charge on any atom is -0.366 e. The summed E-state index contributed by atoms with van der Waals surface area (Å²) in [7, 11) is 7.23. The Morgan fingerprint density at radius 3 is 1.40 bits per heavy atom. The fourth-order valence-electron chi connectivity index (χ4n) is 11.6. The maximum atomic E-state index is 13.3. The van der Waals surface area contributed by atoms with Crippen molar-refractivity contribution < 1.29 is 18.9 Å². The van der Waals surface area contributed by atoms with Crippen LogP contribution in [0.2, 0.25) is 15.1 Å². The number of aryl methyl sites for hydroxylation is 2. The number of likely N-dealkylation sites (N-methyl/N-ethyl adjacent to an activating group) is 1. The fourth-order valence-corrected chi connectivity index (χ4v) is 12.6. The number of carbonyl (C=O) groups is 3. The average molecular weight is 1390 g/mol. The summed E-state index contributed by atoms with van der Waals surface area (Å²) in [5, 5.41) is 37.1. The van der Waals surface area contributed by atoms with Crippen molar-refractivity contribution in [2.24, 2.45) is 14.1 Å². The molecule has 12 rings (SSSR count). The summed E-state index contributed by atoms with van der Waals surface area (Å²) >= 11 is 20.4. The molecule has 91 heavy (non-hydrogen) atoms. The smallest absolute Gasteiger partial charge is 0.292 e. The van der Waals surface area contributed by atoms with E-state index in [1.807, 2.05) is 88.3 Å². The Bertz CT molecular complexity index is 4590. The normalized spacial score (nSPS) is 14.1. The topological polar surface area (TPSA) is 237 Å². The molecule has 3 amide bonds. The van der Waals surface area contributed by atoms with Crippen molar-refractivity contribution in [3.8, 4) is 18.2 Å². The lowest BCUT2D eigenvalue weighted by atomic mass is 10.1. The van der Waals surface area contributed by atoms with E-state index in [1.54, 1.807) is 88.0 Å². The average Bonchev–Trinajstić information content (AvgIpc) is 0.868. The highest BCUT2D eigenvalue weighted by molar-refractivity contribution is 14.1. The van der Waals surface area contributed by atoms with Crippen LogP contribution in [-0.2, 0) is 20.6 Å². The first-order chi connectivity index (χ1) is 43.8. The van der Waals surface area contributed by atoms with Crippen LogP contribution in [0.4, 0.5) is 17.1 Å². The summed E-state index contributed by atoms with van der Waals surface area (Å²) in [5.41, 5.74) is 4.81. The quantitative estimate of drug-likeness (QED) is 0.123. The SMILES string of the molecule is CN(C)CCn1c(=O)c(C#N)c(N2CCN(C(=O)c3ccc(Cl)cc3)CC2)c2cc(Cl)ccc21.Cn1c(=O)c(C#N)c(N2CCN(C(=O)c3ccc(Cl)cc3)CC2)c2cc(I)ccc21.Cn1c(=O)c(C#N)c(N2CCN(C(=O)c3ccno3)CC2)c2ccccc21. The van der Waals surface area contributed by atoms with Crippen LogP contribution in [0, 0.1) is 37.6 Å². The Hall–Kier alpha value is -9.22. The highest BCUT2D eigenvalue weighted by Crippen LogP contribution is 2.34. The van der Waals surface area contributed by atoms with Gasteiger partial charge in [0.05, 0.1) is 39.8 Å². The van der Waals surface area contributed by atoms with Crippen LogP contribution >= 0.6 is 57.4 Å². The van der Waals surface area contributed by atoms with E-state index in [2.05, 4.69) is 46.0 Å². The number of anilines is 3. The van der Waals surface area contributed by atoms with Gasteiger partial charge in [-0.1, -0.05) is 58.2 Å². The molecule has 3 aliphatic rings. The Labute approximate surface area is 551 Å². The third-order valence-electron chi connectivity index (χ3n) is 16.4. The van der Waals surface area contributed by atoms with Gasteiger partial charge in [-0.25, -0.2) is 0 Å². The van der Waals surface area contributed by atoms with E-state index in [1.165, 1.54) is 21.4 Å². The van der Waals surface area contributed by atoms with Crippen molar-refractivity contribution in [1.82, 2.24) is 38.5 Å². The number of fused-ring (bicyclic) bond motifs is 3. The minimum atomic E-state index is -0.314. The third kappa shape index (κ3) is 13.6. The molecular weight excluding hydrogens is 1330 g/mol. The van der Waals surface area contributed by atoms with Gasteiger partial charge in [-0.3, -0.25) is 28.8 Å². The Morgan fingerprint density at radius 1 is 0.516 bits per heavy atom. The summed E-state index contributed by atoms with van der Waals surface area (Å²) in [6.45, 7) is 7.13. The number of hydrogen-bond acceptors (Lipinski definition) is 15. The standard InChI is InChI=1S/C25H25Cl2N5O2.C22H18ClIN4O2.C19H17N5O3/c1-29(2)9-14-32-22-8-7-19(27)15-20(22)23(21(16-28)25(32)34)30-10-12-31(13-11-30)24(33)17-3-5-18(26)6-4-17;1-26-19-7-6-16(24)12-17(19)20(18(13-25)22(26)30)27-8-10-28(11-9-27)21(29)14-2-4-15(23)5-3-14;1-22-15-5-3-2-4-13(15)17(14(12-20)18(22)25)23-8-10-24(11-9-23)19(26)16-6-7-21-27-16/h3-8,15H,9-14H2,1-2H3;2-7,12H,8-11H2,1H3;2-7H,8-11H2,1H3. The fraction of sp³-hybridized carbons (Fsp3) is 0.273. The zero-order chi connectivity index (χ0) is 64.8. The minimum absolute atomic E-state index is 0.0461. The molecule has 0 aliphatic carbocycles. The van der Waals surface area contributed by atoms with Gasteiger partial charge in [0.1, 0.15) is 34.9 Å². The molecule has 5 aromatic carbocycles. The number of carbonyl (C=O) groups excluding carboxylic acids is 3. The summed E-state index contributed by atoms with van der Waals surface area (Å²) < 4.78 is 10.6. The number of halogens is 4. The van der Waals surface area contributed by atoms with Crippen molar-refractivity contribution in [3.05, 3.63) is 205 Å². The van der Waals surface area contributed by atoms with Crippen LogP contribution in [0.3, 0.4) is 0 Å². The molecule has 0 unspecified atom stereocenters. The van der Waals surface area contributed by atoms with Gasteiger partial charge in [-0.15, -0.1) is 0 Å².